The van der Waals surface area contributed by atoms with Crippen molar-refractivity contribution in [1.29, 1.82) is 0 Å². The van der Waals surface area contributed by atoms with Crippen LogP contribution in [0.5, 0.6) is 0 Å². The predicted molar refractivity (Wildman–Crippen MR) is 117 cm³/mol. The Kier molecular flexibility index (Phi) is 6.79. The van der Waals surface area contributed by atoms with E-state index in [9.17, 15) is 9.90 Å². The SMILES string of the molecule is CCC[C@]1(CCc2ccccc2)CC(O)=C([C@@H](CC)c2cccc(C)c2)C(=O)O1. The minimum atomic E-state index is -0.625. The van der Waals surface area contributed by atoms with Crippen LogP contribution in [0.15, 0.2) is 65.9 Å². The molecule has 1 aliphatic rings. The summed E-state index contributed by atoms with van der Waals surface area (Å²) in [5.74, 6) is -0.295. The maximum absolute atomic E-state index is 13.1. The minimum Gasteiger partial charge on any atom is -0.512 e. The lowest BCUT2D eigenvalue weighted by Gasteiger charge is -2.38. The highest BCUT2D eigenvalue weighted by molar-refractivity contribution is 5.92. The second-order valence-corrected chi connectivity index (χ2v) is 8.22. The van der Waals surface area contributed by atoms with E-state index in [4.69, 9.17) is 4.74 Å². The molecule has 1 heterocycles. The fraction of sp³-hybridized carbons (Fsp3) is 0.423. The molecule has 1 N–H and O–H groups in total. The van der Waals surface area contributed by atoms with Crippen LogP contribution >= 0.6 is 0 Å². The van der Waals surface area contributed by atoms with E-state index in [1.165, 1.54) is 5.56 Å². The summed E-state index contributed by atoms with van der Waals surface area (Å²) in [7, 11) is 0. The number of rotatable bonds is 8. The van der Waals surface area contributed by atoms with Crippen LogP contribution < -0.4 is 0 Å². The number of hydrogen-bond acceptors (Lipinski definition) is 3. The molecule has 2 atom stereocenters. The van der Waals surface area contributed by atoms with Crippen LogP contribution in [-0.2, 0) is 16.0 Å². The lowest BCUT2D eigenvalue weighted by atomic mass is 9.80. The molecule has 0 unspecified atom stereocenters. The van der Waals surface area contributed by atoms with Crippen molar-refractivity contribution in [3.63, 3.8) is 0 Å². The molecular weight excluding hydrogens is 360 g/mol. The monoisotopic (exact) mass is 392 g/mol. The van der Waals surface area contributed by atoms with E-state index in [0.717, 1.165) is 43.2 Å². The Morgan fingerprint density at radius 3 is 2.45 bits per heavy atom. The Hall–Kier alpha value is -2.55. The highest BCUT2D eigenvalue weighted by Gasteiger charge is 2.43. The van der Waals surface area contributed by atoms with Gasteiger partial charge in [-0.3, -0.25) is 0 Å². The third-order valence-corrected chi connectivity index (χ3v) is 5.95. The second-order valence-electron chi connectivity index (χ2n) is 8.22. The number of cyclic esters (lactones) is 1. The molecule has 0 spiro atoms. The molecule has 0 radical (unpaired) electrons. The standard InChI is InChI=1S/C26H32O3/c1-4-15-26(16-14-20-11-7-6-8-12-20)18-23(27)24(25(28)29-26)22(5-2)21-13-9-10-19(3)17-21/h6-13,17,22,27H,4-5,14-16,18H2,1-3H3/t22-,26-/m0/s1. The van der Waals surface area contributed by atoms with Crippen molar-refractivity contribution >= 4 is 5.97 Å². The molecule has 0 amide bonds. The topological polar surface area (TPSA) is 46.5 Å². The van der Waals surface area contributed by atoms with Gasteiger partial charge in [0.25, 0.3) is 0 Å². The number of aryl methyl sites for hydroxylation is 2. The van der Waals surface area contributed by atoms with Gasteiger partial charge in [0, 0.05) is 12.3 Å². The molecular formula is C26H32O3. The maximum atomic E-state index is 13.1. The second kappa shape index (κ2) is 9.30. The molecule has 3 heteroatoms. The Morgan fingerprint density at radius 1 is 1.07 bits per heavy atom. The first-order valence-corrected chi connectivity index (χ1v) is 10.7. The largest absolute Gasteiger partial charge is 0.512 e. The average molecular weight is 393 g/mol. The lowest BCUT2D eigenvalue weighted by molar-refractivity contribution is -0.161. The lowest BCUT2D eigenvalue weighted by Crippen LogP contribution is -2.41. The molecule has 2 aromatic rings. The van der Waals surface area contributed by atoms with Gasteiger partial charge in [-0.25, -0.2) is 4.79 Å². The number of carbonyl (C=O) groups excluding carboxylic acids is 1. The van der Waals surface area contributed by atoms with E-state index in [-0.39, 0.29) is 17.6 Å². The number of benzene rings is 2. The maximum Gasteiger partial charge on any atom is 0.338 e. The molecule has 3 rings (SSSR count). The van der Waals surface area contributed by atoms with Gasteiger partial charge in [-0.05, 0) is 43.7 Å². The Labute approximate surface area is 174 Å². The number of ether oxygens (including phenoxy) is 1. The summed E-state index contributed by atoms with van der Waals surface area (Å²) in [5, 5.41) is 11.0. The smallest absolute Gasteiger partial charge is 0.338 e. The zero-order valence-electron chi connectivity index (χ0n) is 17.8. The Morgan fingerprint density at radius 2 is 1.83 bits per heavy atom. The number of hydrogen-bond donors (Lipinski definition) is 1. The van der Waals surface area contributed by atoms with Crippen molar-refractivity contribution in [1.82, 2.24) is 0 Å². The van der Waals surface area contributed by atoms with Gasteiger partial charge in [0.05, 0.1) is 5.57 Å². The molecule has 0 bridgehead atoms. The first-order chi connectivity index (χ1) is 14.0. The molecule has 154 valence electrons. The highest BCUT2D eigenvalue weighted by Crippen LogP contribution is 2.41. The molecule has 0 aliphatic carbocycles. The number of carbonyl (C=O) groups is 1. The van der Waals surface area contributed by atoms with E-state index in [1.807, 2.05) is 50.2 Å². The average Bonchev–Trinajstić information content (AvgIpc) is 2.70. The number of aliphatic hydroxyl groups is 1. The quantitative estimate of drug-likeness (QED) is 0.527. The van der Waals surface area contributed by atoms with E-state index in [0.29, 0.717) is 12.0 Å². The molecule has 0 saturated heterocycles. The summed E-state index contributed by atoms with van der Waals surface area (Å²) in [6.07, 6.45) is 4.34. The van der Waals surface area contributed by atoms with Crippen LogP contribution in [0.3, 0.4) is 0 Å². The highest BCUT2D eigenvalue weighted by atomic mass is 16.6. The van der Waals surface area contributed by atoms with Gasteiger partial charge in [-0.2, -0.15) is 0 Å². The van der Waals surface area contributed by atoms with Crippen LogP contribution in [0.2, 0.25) is 0 Å². The Balaban J connectivity index is 1.87. The summed E-state index contributed by atoms with van der Waals surface area (Å²) in [6, 6.07) is 18.4. The molecule has 1 aliphatic heterocycles. The fourth-order valence-corrected chi connectivity index (χ4v) is 4.52. The zero-order chi connectivity index (χ0) is 20.9. The number of aliphatic hydroxyl groups excluding tert-OH is 1. The third kappa shape index (κ3) is 4.90. The summed E-state index contributed by atoms with van der Waals surface area (Å²) in [5.41, 5.74) is 3.23. The van der Waals surface area contributed by atoms with Crippen molar-refractivity contribution in [2.75, 3.05) is 0 Å². The van der Waals surface area contributed by atoms with Crippen molar-refractivity contribution in [3.8, 4) is 0 Å². The van der Waals surface area contributed by atoms with Gasteiger partial charge in [-0.15, -0.1) is 0 Å². The molecule has 29 heavy (non-hydrogen) atoms. The van der Waals surface area contributed by atoms with Crippen LogP contribution in [-0.4, -0.2) is 16.7 Å². The van der Waals surface area contributed by atoms with E-state index < -0.39 is 5.60 Å². The van der Waals surface area contributed by atoms with Crippen molar-refractivity contribution in [3.05, 3.63) is 82.6 Å². The fourth-order valence-electron chi connectivity index (χ4n) is 4.52. The van der Waals surface area contributed by atoms with E-state index >= 15 is 0 Å². The molecule has 0 aromatic heterocycles. The van der Waals surface area contributed by atoms with Crippen LogP contribution in [0, 0.1) is 6.92 Å². The molecule has 3 nitrogen and oxygen atoms in total. The van der Waals surface area contributed by atoms with Crippen molar-refractivity contribution in [2.45, 2.75) is 70.8 Å². The summed E-state index contributed by atoms with van der Waals surface area (Å²) < 4.78 is 6.10. The van der Waals surface area contributed by atoms with Gasteiger partial charge in [0.15, 0.2) is 0 Å². The van der Waals surface area contributed by atoms with Gasteiger partial charge >= 0.3 is 5.97 Å². The van der Waals surface area contributed by atoms with Gasteiger partial charge in [0.1, 0.15) is 11.4 Å². The van der Waals surface area contributed by atoms with Crippen LogP contribution in [0.1, 0.15) is 68.6 Å². The molecule has 0 saturated carbocycles. The Bertz CT molecular complexity index is 869. The normalized spacial score (nSPS) is 20.4. The molecule has 2 aromatic carbocycles. The van der Waals surface area contributed by atoms with Gasteiger partial charge in [0.2, 0.25) is 0 Å². The van der Waals surface area contributed by atoms with Crippen molar-refractivity contribution < 1.29 is 14.6 Å². The van der Waals surface area contributed by atoms with Gasteiger partial charge < -0.3 is 9.84 Å². The third-order valence-electron chi connectivity index (χ3n) is 5.95. The van der Waals surface area contributed by atoms with Crippen LogP contribution in [0.25, 0.3) is 0 Å². The first-order valence-electron chi connectivity index (χ1n) is 10.7. The van der Waals surface area contributed by atoms with Gasteiger partial charge in [-0.1, -0.05) is 80.4 Å². The summed E-state index contributed by atoms with van der Waals surface area (Å²) in [6.45, 7) is 6.18. The minimum absolute atomic E-state index is 0.142. The van der Waals surface area contributed by atoms with E-state index in [2.05, 4.69) is 25.1 Å². The number of esters is 1. The van der Waals surface area contributed by atoms with E-state index in [1.54, 1.807) is 0 Å². The first kappa shape index (κ1) is 21.2. The zero-order valence-corrected chi connectivity index (χ0v) is 17.8. The molecule has 0 fully saturated rings. The summed E-state index contributed by atoms with van der Waals surface area (Å²) in [4.78, 5) is 13.1. The van der Waals surface area contributed by atoms with Crippen molar-refractivity contribution in [2.24, 2.45) is 0 Å². The summed E-state index contributed by atoms with van der Waals surface area (Å²) >= 11 is 0. The predicted octanol–water partition coefficient (Wildman–Crippen LogP) is 6.42. The van der Waals surface area contributed by atoms with Crippen LogP contribution in [0.4, 0.5) is 0 Å².